The summed E-state index contributed by atoms with van der Waals surface area (Å²) in [5.41, 5.74) is 6.99. The van der Waals surface area contributed by atoms with Crippen molar-refractivity contribution in [3.8, 4) is 11.5 Å². The Balaban J connectivity index is 2.38. The minimum atomic E-state index is -0.529. The molecule has 0 spiro atoms. The van der Waals surface area contributed by atoms with Gasteiger partial charge in [-0.3, -0.25) is 9.59 Å². The van der Waals surface area contributed by atoms with Gasteiger partial charge in [-0.25, -0.2) is 4.57 Å². The van der Waals surface area contributed by atoms with E-state index >= 15 is 0 Å². The number of aryl methyl sites for hydroxylation is 1. The number of anilines is 1. The van der Waals surface area contributed by atoms with Gasteiger partial charge in [-0.1, -0.05) is 12.1 Å². The minimum Gasteiger partial charge on any atom is -0.496 e. The monoisotopic (exact) mass is 338 g/mol. The SMILES string of the molecule is COc1cccc(OC)c1C(=O)n1c(=O)c(C)cc2ccc(N)cc21. The topological polar surface area (TPSA) is 83.5 Å². The summed E-state index contributed by atoms with van der Waals surface area (Å²) in [7, 11) is 2.92. The molecule has 0 aliphatic carbocycles. The van der Waals surface area contributed by atoms with Gasteiger partial charge in [0.15, 0.2) is 0 Å². The van der Waals surface area contributed by atoms with Gasteiger partial charge in [0.2, 0.25) is 0 Å². The molecule has 25 heavy (non-hydrogen) atoms. The molecule has 0 bridgehead atoms. The molecule has 0 fully saturated rings. The summed E-state index contributed by atoms with van der Waals surface area (Å²) in [4.78, 5) is 26.0. The first-order valence-electron chi connectivity index (χ1n) is 7.65. The Morgan fingerprint density at radius 1 is 1.04 bits per heavy atom. The van der Waals surface area contributed by atoms with Crippen LogP contribution in [-0.4, -0.2) is 24.7 Å². The van der Waals surface area contributed by atoms with Crippen LogP contribution in [0.3, 0.4) is 0 Å². The molecule has 6 heteroatoms. The molecule has 0 saturated heterocycles. The number of nitrogens with zero attached hydrogens (tertiary/aromatic N) is 1. The summed E-state index contributed by atoms with van der Waals surface area (Å²) in [6.07, 6.45) is 0. The van der Waals surface area contributed by atoms with Gasteiger partial charge >= 0.3 is 0 Å². The summed E-state index contributed by atoms with van der Waals surface area (Å²) in [6.45, 7) is 1.67. The number of hydrogen-bond acceptors (Lipinski definition) is 5. The van der Waals surface area contributed by atoms with E-state index in [2.05, 4.69) is 0 Å². The van der Waals surface area contributed by atoms with E-state index in [4.69, 9.17) is 15.2 Å². The number of carbonyl (C=O) groups excluding carboxylic acids is 1. The molecule has 0 aliphatic heterocycles. The molecule has 3 aromatic rings. The van der Waals surface area contributed by atoms with Gasteiger partial charge in [-0.05, 0) is 42.6 Å². The lowest BCUT2D eigenvalue weighted by atomic mass is 10.1. The van der Waals surface area contributed by atoms with Gasteiger partial charge in [-0.15, -0.1) is 0 Å². The summed E-state index contributed by atoms with van der Waals surface area (Å²) in [5.74, 6) is 0.128. The van der Waals surface area contributed by atoms with Crippen molar-refractivity contribution in [1.82, 2.24) is 4.57 Å². The van der Waals surface area contributed by atoms with Gasteiger partial charge in [-0.2, -0.15) is 0 Å². The maximum Gasteiger partial charge on any atom is 0.272 e. The summed E-state index contributed by atoms with van der Waals surface area (Å²) in [5, 5.41) is 0.744. The van der Waals surface area contributed by atoms with E-state index in [-0.39, 0.29) is 5.56 Å². The molecular formula is C19H18N2O4. The van der Waals surface area contributed by atoms with E-state index in [9.17, 15) is 9.59 Å². The van der Waals surface area contributed by atoms with E-state index in [1.165, 1.54) is 14.2 Å². The van der Waals surface area contributed by atoms with Crippen molar-refractivity contribution in [3.63, 3.8) is 0 Å². The Morgan fingerprint density at radius 3 is 2.28 bits per heavy atom. The second-order valence-corrected chi connectivity index (χ2v) is 5.63. The van der Waals surface area contributed by atoms with Crippen molar-refractivity contribution in [2.24, 2.45) is 0 Å². The van der Waals surface area contributed by atoms with E-state index < -0.39 is 11.5 Å². The first kappa shape index (κ1) is 16.6. The van der Waals surface area contributed by atoms with Crippen LogP contribution in [0.4, 0.5) is 5.69 Å². The highest BCUT2D eigenvalue weighted by Gasteiger charge is 2.23. The first-order valence-corrected chi connectivity index (χ1v) is 7.65. The van der Waals surface area contributed by atoms with Gasteiger partial charge in [0.1, 0.15) is 17.1 Å². The predicted octanol–water partition coefficient (Wildman–Crippen LogP) is 2.60. The zero-order valence-electron chi connectivity index (χ0n) is 14.2. The van der Waals surface area contributed by atoms with Crippen LogP contribution < -0.4 is 20.8 Å². The molecule has 1 heterocycles. The molecule has 0 aliphatic rings. The highest BCUT2D eigenvalue weighted by Crippen LogP contribution is 2.30. The van der Waals surface area contributed by atoms with E-state index in [0.717, 1.165) is 9.95 Å². The lowest BCUT2D eigenvalue weighted by Gasteiger charge is -2.15. The van der Waals surface area contributed by atoms with Crippen LogP contribution in [0.5, 0.6) is 11.5 Å². The number of benzene rings is 2. The van der Waals surface area contributed by atoms with Crippen LogP contribution in [0.25, 0.3) is 10.9 Å². The number of methoxy groups -OCH3 is 2. The third kappa shape index (κ3) is 2.71. The van der Waals surface area contributed by atoms with Crippen molar-refractivity contribution < 1.29 is 14.3 Å². The van der Waals surface area contributed by atoms with Gasteiger partial charge < -0.3 is 15.2 Å². The number of nitrogens with two attached hydrogens (primary N) is 1. The standard InChI is InChI=1S/C19H18N2O4/c1-11-9-12-7-8-13(20)10-14(12)21(18(11)22)19(23)17-15(24-2)5-4-6-16(17)25-3/h4-10H,20H2,1-3H3. The lowest BCUT2D eigenvalue weighted by Crippen LogP contribution is -2.29. The summed E-state index contributed by atoms with van der Waals surface area (Å²) >= 11 is 0. The van der Waals surface area contributed by atoms with Crippen LogP contribution in [-0.2, 0) is 0 Å². The second-order valence-electron chi connectivity index (χ2n) is 5.63. The zero-order chi connectivity index (χ0) is 18.1. The van der Waals surface area contributed by atoms with Crippen molar-refractivity contribution in [2.45, 2.75) is 6.92 Å². The predicted molar refractivity (Wildman–Crippen MR) is 96.6 cm³/mol. The molecule has 2 N–H and O–H groups in total. The Morgan fingerprint density at radius 2 is 1.68 bits per heavy atom. The molecule has 6 nitrogen and oxygen atoms in total. The van der Waals surface area contributed by atoms with Crippen LogP contribution in [0.1, 0.15) is 15.9 Å². The summed E-state index contributed by atoms with van der Waals surface area (Å²) < 4.78 is 11.7. The van der Waals surface area contributed by atoms with Crippen molar-refractivity contribution in [3.05, 3.63) is 63.9 Å². The quantitative estimate of drug-likeness (QED) is 0.742. The smallest absolute Gasteiger partial charge is 0.272 e. The van der Waals surface area contributed by atoms with E-state index in [1.807, 2.05) is 0 Å². The zero-order valence-corrected chi connectivity index (χ0v) is 14.2. The Bertz CT molecular complexity index is 1020. The number of carbonyl (C=O) groups is 1. The molecule has 0 saturated carbocycles. The molecule has 128 valence electrons. The number of aromatic nitrogens is 1. The summed E-state index contributed by atoms with van der Waals surface area (Å²) in [6, 6.07) is 11.9. The first-order chi connectivity index (χ1) is 12.0. The van der Waals surface area contributed by atoms with Crippen LogP contribution in [0.2, 0.25) is 0 Å². The minimum absolute atomic E-state index is 0.184. The van der Waals surface area contributed by atoms with Crippen LogP contribution in [0.15, 0.2) is 47.3 Å². The van der Waals surface area contributed by atoms with Gasteiger partial charge in [0.05, 0.1) is 19.7 Å². The fraction of sp³-hybridized carbons (Fsp3) is 0.158. The number of fused-ring (bicyclic) bond motifs is 1. The van der Waals surface area contributed by atoms with Crippen molar-refractivity contribution in [2.75, 3.05) is 20.0 Å². The third-order valence-electron chi connectivity index (χ3n) is 4.05. The molecular weight excluding hydrogens is 320 g/mol. The Labute approximate surface area is 144 Å². The molecule has 3 rings (SSSR count). The fourth-order valence-corrected chi connectivity index (χ4v) is 2.83. The molecule has 0 radical (unpaired) electrons. The number of nitrogen functional groups attached to an aromatic ring is 1. The van der Waals surface area contributed by atoms with Crippen molar-refractivity contribution in [1.29, 1.82) is 0 Å². The number of rotatable bonds is 3. The molecule has 0 unspecified atom stereocenters. The lowest BCUT2D eigenvalue weighted by molar-refractivity contribution is 0.0954. The molecule has 0 amide bonds. The average Bonchev–Trinajstić information content (AvgIpc) is 2.62. The Hall–Kier alpha value is -3.28. The van der Waals surface area contributed by atoms with Crippen LogP contribution >= 0.6 is 0 Å². The normalized spacial score (nSPS) is 10.7. The molecule has 2 aromatic carbocycles. The highest BCUT2D eigenvalue weighted by atomic mass is 16.5. The third-order valence-corrected chi connectivity index (χ3v) is 4.05. The average molecular weight is 338 g/mol. The maximum absolute atomic E-state index is 13.3. The largest absolute Gasteiger partial charge is 0.496 e. The van der Waals surface area contributed by atoms with Crippen molar-refractivity contribution >= 4 is 22.5 Å². The molecule has 1 aromatic heterocycles. The number of ether oxygens (including phenoxy) is 2. The van der Waals surface area contributed by atoms with Gasteiger partial charge in [0, 0.05) is 11.3 Å². The fourth-order valence-electron chi connectivity index (χ4n) is 2.83. The second kappa shape index (κ2) is 6.32. The molecule has 0 atom stereocenters. The maximum atomic E-state index is 13.3. The Kier molecular flexibility index (Phi) is 4.19. The van der Waals surface area contributed by atoms with Gasteiger partial charge in [0.25, 0.3) is 11.5 Å². The van der Waals surface area contributed by atoms with E-state index in [1.54, 1.807) is 49.4 Å². The van der Waals surface area contributed by atoms with Crippen LogP contribution in [0, 0.1) is 6.92 Å². The highest BCUT2D eigenvalue weighted by molar-refractivity contribution is 6.05. The number of pyridine rings is 1. The van der Waals surface area contributed by atoms with E-state index in [0.29, 0.717) is 28.3 Å². The number of hydrogen-bond donors (Lipinski definition) is 1.